The number of hydrogen-bond acceptors (Lipinski definition) is 3. The Kier molecular flexibility index (Phi) is 2.94. The van der Waals surface area contributed by atoms with Crippen LogP contribution in [0, 0.1) is 5.92 Å². The highest BCUT2D eigenvalue weighted by Crippen LogP contribution is 2.30. The molecule has 1 atom stereocenters. The van der Waals surface area contributed by atoms with Crippen molar-refractivity contribution in [1.82, 2.24) is 10.2 Å². The van der Waals surface area contributed by atoms with Gasteiger partial charge in [-0.2, -0.15) is 0 Å². The van der Waals surface area contributed by atoms with E-state index in [1.165, 1.54) is 11.3 Å². The molecule has 2 aliphatic rings. The second kappa shape index (κ2) is 4.23. The fourth-order valence-electron chi connectivity index (χ4n) is 2.08. The minimum absolute atomic E-state index is 0.0124. The number of amides is 3. The molecular formula is C11H16N2O3. The van der Waals surface area contributed by atoms with E-state index < -0.39 is 6.04 Å². The van der Waals surface area contributed by atoms with E-state index in [0.717, 1.165) is 12.8 Å². The van der Waals surface area contributed by atoms with Crippen molar-refractivity contribution in [3.8, 4) is 0 Å². The molecule has 5 heteroatoms. The fourth-order valence-corrected chi connectivity index (χ4v) is 2.08. The molecule has 0 spiro atoms. The molecule has 88 valence electrons. The van der Waals surface area contributed by atoms with Gasteiger partial charge in [0, 0.05) is 6.42 Å². The Morgan fingerprint density at radius 2 is 2.12 bits per heavy atom. The number of hydrogen-bond donors (Lipinski definition) is 1. The van der Waals surface area contributed by atoms with Crippen molar-refractivity contribution in [3.05, 3.63) is 0 Å². The zero-order chi connectivity index (χ0) is 11.7. The van der Waals surface area contributed by atoms with E-state index in [0.29, 0.717) is 12.3 Å². The number of rotatable bonds is 2. The summed E-state index contributed by atoms with van der Waals surface area (Å²) in [6.07, 6.45) is 3.85. The first kappa shape index (κ1) is 11.1. The van der Waals surface area contributed by atoms with Gasteiger partial charge in [0.05, 0.1) is 0 Å². The molecule has 1 aliphatic heterocycles. The third-order valence-corrected chi connectivity index (χ3v) is 3.43. The van der Waals surface area contributed by atoms with E-state index in [1.54, 1.807) is 6.92 Å². The lowest BCUT2D eigenvalue weighted by atomic mass is 9.82. The molecule has 2 rings (SSSR count). The topological polar surface area (TPSA) is 66.5 Å². The molecule has 1 aliphatic carbocycles. The van der Waals surface area contributed by atoms with Gasteiger partial charge < -0.3 is 4.90 Å². The molecule has 1 unspecified atom stereocenters. The Morgan fingerprint density at radius 3 is 2.69 bits per heavy atom. The van der Waals surface area contributed by atoms with Crippen LogP contribution in [0.25, 0.3) is 0 Å². The highest BCUT2D eigenvalue weighted by Gasteiger charge is 2.34. The normalized spacial score (nSPS) is 26.3. The van der Waals surface area contributed by atoms with Crippen molar-refractivity contribution in [2.24, 2.45) is 5.92 Å². The van der Waals surface area contributed by atoms with Crippen molar-refractivity contribution >= 4 is 17.7 Å². The number of carbonyl (C=O) groups excluding carboxylic acids is 3. The van der Waals surface area contributed by atoms with Gasteiger partial charge in [-0.1, -0.05) is 6.42 Å². The monoisotopic (exact) mass is 224 g/mol. The van der Waals surface area contributed by atoms with Gasteiger partial charge in [0.1, 0.15) is 12.6 Å². The van der Waals surface area contributed by atoms with E-state index in [9.17, 15) is 14.4 Å². The SMILES string of the molecule is CC1C(=O)NC(=O)CN1C(=O)CC1CCC1. The van der Waals surface area contributed by atoms with E-state index in [-0.39, 0.29) is 24.3 Å². The highest BCUT2D eigenvalue weighted by atomic mass is 16.2. The summed E-state index contributed by atoms with van der Waals surface area (Å²) in [6, 6.07) is -0.523. The Hall–Kier alpha value is -1.39. The summed E-state index contributed by atoms with van der Waals surface area (Å²) >= 11 is 0. The van der Waals surface area contributed by atoms with Crippen molar-refractivity contribution in [1.29, 1.82) is 0 Å². The van der Waals surface area contributed by atoms with Crippen LogP contribution in [-0.4, -0.2) is 35.2 Å². The van der Waals surface area contributed by atoms with Gasteiger partial charge >= 0.3 is 0 Å². The van der Waals surface area contributed by atoms with Crippen LogP contribution in [0.4, 0.5) is 0 Å². The van der Waals surface area contributed by atoms with E-state index in [4.69, 9.17) is 0 Å². The first-order valence-electron chi connectivity index (χ1n) is 5.71. The summed E-state index contributed by atoms with van der Waals surface area (Å²) in [6.45, 7) is 1.67. The van der Waals surface area contributed by atoms with Crippen molar-refractivity contribution in [2.45, 2.75) is 38.6 Å². The van der Waals surface area contributed by atoms with Gasteiger partial charge in [0.15, 0.2) is 0 Å². The molecule has 2 fully saturated rings. The average Bonchev–Trinajstić information content (AvgIpc) is 2.17. The van der Waals surface area contributed by atoms with Crippen LogP contribution in [0.5, 0.6) is 0 Å². The first-order chi connectivity index (χ1) is 7.58. The quantitative estimate of drug-likeness (QED) is 0.674. The molecule has 0 bridgehead atoms. The summed E-state index contributed by atoms with van der Waals surface area (Å²) in [7, 11) is 0. The number of piperazine rings is 1. The predicted molar refractivity (Wildman–Crippen MR) is 56.3 cm³/mol. The predicted octanol–water partition coefficient (Wildman–Crippen LogP) is 0.0501. The molecule has 0 aromatic heterocycles. The fraction of sp³-hybridized carbons (Fsp3) is 0.727. The van der Waals surface area contributed by atoms with Gasteiger partial charge in [-0.25, -0.2) is 0 Å². The maximum atomic E-state index is 11.9. The number of nitrogens with one attached hydrogen (secondary N) is 1. The third-order valence-electron chi connectivity index (χ3n) is 3.43. The molecule has 3 amide bonds. The molecule has 5 nitrogen and oxygen atoms in total. The lowest BCUT2D eigenvalue weighted by Gasteiger charge is -2.34. The maximum absolute atomic E-state index is 11.9. The Balaban J connectivity index is 1.97. The molecule has 1 saturated carbocycles. The summed E-state index contributed by atoms with van der Waals surface area (Å²) in [5.74, 6) is -0.372. The number of imide groups is 1. The third kappa shape index (κ3) is 2.08. The Labute approximate surface area is 94.2 Å². The zero-order valence-corrected chi connectivity index (χ0v) is 9.36. The molecule has 0 aromatic carbocycles. The smallest absolute Gasteiger partial charge is 0.249 e. The van der Waals surface area contributed by atoms with Crippen LogP contribution in [0.15, 0.2) is 0 Å². The summed E-state index contributed by atoms with van der Waals surface area (Å²) in [5.41, 5.74) is 0. The second-order valence-electron chi connectivity index (χ2n) is 4.61. The largest absolute Gasteiger partial charge is 0.322 e. The van der Waals surface area contributed by atoms with Gasteiger partial charge in [-0.3, -0.25) is 19.7 Å². The van der Waals surface area contributed by atoms with Crippen LogP contribution >= 0.6 is 0 Å². The van der Waals surface area contributed by atoms with E-state index in [1.807, 2.05) is 0 Å². The van der Waals surface area contributed by atoms with Crippen LogP contribution in [0.3, 0.4) is 0 Å². The lowest BCUT2D eigenvalue weighted by Crippen LogP contribution is -2.58. The summed E-state index contributed by atoms with van der Waals surface area (Å²) in [4.78, 5) is 35.8. The van der Waals surface area contributed by atoms with E-state index in [2.05, 4.69) is 5.32 Å². The molecular weight excluding hydrogens is 208 g/mol. The van der Waals surface area contributed by atoms with Gasteiger partial charge in [-0.05, 0) is 25.7 Å². The summed E-state index contributed by atoms with van der Waals surface area (Å²) in [5, 5.41) is 2.22. The molecule has 0 radical (unpaired) electrons. The van der Waals surface area contributed by atoms with Gasteiger partial charge in [-0.15, -0.1) is 0 Å². The molecule has 1 N–H and O–H groups in total. The van der Waals surface area contributed by atoms with Crippen molar-refractivity contribution in [3.63, 3.8) is 0 Å². The van der Waals surface area contributed by atoms with Crippen molar-refractivity contribution < 1.29 is 14.4 Å². The lowest BCUT2D eigenvalue weighted by molar-refractivity contribution is -0.150. The Bertz CT molecular complexity index is 336. The molecule has 1 heterocycles. The van der Waals surface area contributed by atoms with Crippen molar-refractivity contribution in [2.75, 3.05) is 6.54 Å². The summed E-state index contributed by atoms with van der Waals surface area (Å²) < 4.78 is 0. The van der Waals surface area contributed by atoms with Crippen LogP contribution in [0.1, 0.15) is 32.6 Å². The van der Waals surface area contributed by atoms with Crippen LogP contribution in [-0.2, 0) is 14.4 Å². The second-order valence-corrected chi connectivity index (χ2v) is 4.61. The van der Waals surface area contributed by atoms with E-state index >= 15 is 0 Å². The van der Waals surface area contributed by atoms with Crippen LogP contribution < -0.4 is 5.32 Å². The minimum atomic E-state index is -0.523. The molecule has 16 heavy (non-hydrogen) atoms. The average molecular weight is 224 g/mol. The van der Waals surface area contributed by atoms with Crippen LogP contribution in [0.2, 0.25) is 0 Å². The number of nitrogens with zero attached hydrogens (tertiary/aromatic N) is 1. The maximum Gasteiger partial charge on any atom is 0.249 e. The first-order valence-corrected chi connectivity index (χ1v) is 5.71. The standard InChI is InChI=1S/C11H16N2O3/c1-7-11(16)12-9(14)6-13(7)10(15)5-8-3-2-4-8/h7-8H,2-6H2,1H3,(H,12,14,16). The number of carbonyl (C=O) groups is 3. The zero-order valence-electron chi connectivity index (χ0n) is 9.36. The van der Waals surface area contributed by atoms with Gasteiger partial charge in [0.2, 0.25) is 17.7 Å². The highest BCUT2D eigenvalue weighted by molar-refractivity contribution is 6.04. The van der Waals surface area contributed by atoms with Gasteiger partial charge in [0.25, 0.3) is 0 Å². The Morgan fingerprint density at radius 1 is 1.44 bits per heavy atom. The molecule has 0 aromatic rings. The molecule has 1 saturated heterocycles. The minimum Gasteiger partial charge on any atom is -0.322 e.